The van der Waals surface area contributed by atoms with Crippen molar-refractivity contribution in [3.05, 3.63) is 35.4 Å². The Labute approximate surface area is 126 Å². The van der Waals surface area contributed by atoms with E-state index in [1.54, 1.807) is 0 Å². The summed E-state index contributed by atoms with van der Waals surface area (Å²) in [6.45, 7) is 6.41. The van der Waals surface area contributed by atoms with Crippen LogP contribution < -0.4 is 5.32 Å². The molecule has 1 aromatic rings. The highest BCUT2D eigenvalue weighted by Crippen LogP contribution is 2.41. The number of rotatable bonds is 4. The zero-order chi connectivity index (χ0) is 13.9. The number of aryl methyl sites for hydroxylation is 1. The number of ether oxygens (including phenoxy) is 1. The molecule has 1 saturated heterocycles. The molecule has 1 fully saturated rings. The van der Waals surface area contributed by atoms with Crippen molar-refractivity contribution in [1.82, 2.24) is 5.32 Å². The van der Waals surface area contributed by atoms with Crippen molar-refractivity contribution in [3.63, 3.8) is 0 Å². The first kappa shape index (κ1) is 14.4. The van der Waals surface area contributed by atoms with Crippen LogP contribution in [0, 0.1) is 0 Å². The second-order valence-corrected chi connectivity index (χ2v) is 7.33. The van der Waals surface area contributed by atoms with E-state index in [2.05, 4.69) is 55.2 Å². The highest BCUT2D eigenvalue weighted by atomic mass is 32.2. The summed E-state index contributed by atoms with van der Waals surface area (Å²) in [7, 11) is 0. The fourth-order valence-electron chi connectivity index (χ4n) is 3.45. The van der Waals surface area contributed by atoms with Crippen LogP contribution >= 0.6 is 11.8 Å². The highest BCUT2D eigenvalue weighted by molar-refractivity contribution is 8.00. The summed E-state index contributed by atoms with van der Waals surface area (Å²) in [5, 5.41) is 5.07. The lowest BCUT2D eigenvalue weighted by atomic mass is 9.87. The van der Waals surface area contributed by atoms with Gasteiger partial charge < -0.3 is 10.1 Å². The number of hydrogen-bond acceptors (Lipinski definition) is 3. The molecule has 0 spiro atoms. The van der Waals surface area contributed by atoms with Gasteiger partial charge in [0.25, 0.3) is 0 Å². The Morgan fingerprint density at radius 1 is 1.25 bits per heavy atom. The second kappa shape index (κ2) is 6.50. The number of hydrogen-bond donors (Lipinski definition) is 1. The van der Waals surface area contributed by atoms with Crippen molar-refractivity contribution >= 4 is 11.8 Å². The third-order valence-electron chi connectivity index (χ3n) is 4.54. The van der Waals surface area contributed by atoms with Gasteiger partial charge in [-0.1, -0.05) is 31.2 Å². The minimum absolute atomic E-state index is 0.416. The zero-order valence-electron chi connectivity index (χ0n) is 12.5. The first-order valence-corrected chi connectivity index (χ1v) is 8.82. The second-order valence-electron chi connectivity index (χ2n) is 5.85. The lowest BCUT2D eigenvalue weighted by Crippen LogP contribution is -2.36. The fraction of sp³-hybridized carbons (Fsp3) is 0.647. The van der Waals surface area contributed by atoms with E-state index >= 15 is 0 Å². The average molecular weight is 291 g/mol. The molecule has 1 aliphatic carbocycles. The highest BCUT2D eigenvalue weighted by Gasteiger charge is 2.34. The Hall–Kier alpha value is -0.510. The van der Waals surface area contributed by atoms with Gasteiger partial charge in [-0.25, -0.2) is 0 Å². The van der Waals surface area contributed by atoms with Crippen molar-refractivity contribution in [1.29, 1.82) is 0 Å². The van der Waals surface area contributed by atoms with Crippen LogP contribution in [0.2, 0.25) is 0 Å². The number of nitrogens with one attached hydrogen (secondary N) is 1. The molecular formula is C17H25NOS. The summed E-state index contributed by atoms with van der Waals surface area (Å²) < 4.78 is 5.73. The summed E-state index contributed by atoms with van der Waals surface area (Å²) >= 11 is 2.16. The Morgan fingerprint density at radius 3 is 2.85 bits per heavy atom. The van der Waals surface area contributed by atoms with Crippen LogP contribution in [0.1, 0.15) is 43.9 Å². The fourth-order valence-corrected chi connectivity index (χ4v) is 5.09. The molecule has 0 saturated carbocycles. The molecule has 2 aliphatic rings. The predicted octanol–water partition coefficient (Wildman–Crippen LogP) is 3.56. The quantitative estimate of drug-likeness (QED) is 0.916. The van der Waals surface area contributed by atoms with Gasteiger partial charge in [-0.15, -0.1) is 0 Å². The summed E-state index contributed by atoms with van der Waals surface area (Å²) in [4.78, 5) is 0. The maximum absolute atomic E-state index is 5.73. The van der Waals surface area contributed by atoms with Gasteiger partial charge in [0.05, 0.1) is 6.10 Å². The first-order chi connectivity index (χ1) is 9.79. The van der Waals surface area contributed by atoms with E-state index in [-0.39, 0.29) is 0 Å². The van der Waals surface area contributed by atoms with Gasteiger partial charge in [0.15, 0.2) is 0 Å². The van der Waals surface area contributed by atoms with E-state index in [4.69, 9.17) is 4.74 Å². The molecule has 1 aromatic carbocycles. The van der Waals surface area contributed by atoms with Crippen LogP contribution in [0.5, 0.6) is 0 Å². The van der Waals surface area contributed by atoms with E-state index in [1.165, 1.54) is 30.4 Å². The van der Waals surface area contributed by atoms with Gasteiger partial charge in [0, 0.05) is 23.1 Å². The van der Waals surface area contributed by atoms with Crippen molar-refractivity contribution in [3.8, 4) is 0 Å². The molecule has 4 unspecified atom stereocenters. The normalized spacial score (nSPS) is 33.1. The Morgan fingerprint density at radius 2 is 2.10 bits per heavy atom. The van der Waals surface area contributed by atoms with E-state index in [0.29, 0.717) is 22.6 Å². The molecule has 4 atom stereocenters. The predicted molar refractivity (Wildman–Crippen MR) is 86.4 cm³/mol. The third kappa shape index (κ3) is 2.90. The molecular weight excluding hydrogens is 266 g/mol. The Balaban J connectivity index is 1.77. The van der Waals surface area contributed by atoms with Crippen molar-refractivity contribution < 1.29 is 4.74 Å². The number of fused-ring (bicyclic) bond motifs is 1. The maximum Gasteiger partial charge on any atom is 0.0666 e. The summed E-state index contributed by atoms with van der Waals surface area (Å²) in [5.41, 5.74) is 3.05. The number of benzene rings is 1. The van der Waals surface area contributed by atoms with Gasteiger partial charge >= 0.3 is 0 Å². The molecule has 3 heteroatoms. The molecule has 110 valence electrons. The van der Waals surface area contributed by atoms with E-state index in [1.807, 2.05) is 0 Å². The smallest absolute Gasteiger partial charge is 0.0666 e. The van der Waals surface area contributed by atoms with Gasteiger partial charge in [-0.05, 0) is 43.9 Å². The summed E-state index contributed by atoms with van der Waals surface area (Å²) in [6.07, 6.45) is 4.13. The Bertz CT molecular complexity index is 450. The average Bonchev–Trinajstić information content (AvgIpc) is 2.87. The van der Waals surface area contributed by atoms with E-state index < -0.39 is 0 Å². The standard InChI is InChI=1S/C17H25NOS/c1-3-18-17-14-7-5-4-6-13(14)8-9-16(17)20-15-10-11-19-12(15)2/h4-7,12,15-18H,3,8-11H2,1-2H3. The first-order valence-electron chi connectivity index (χ1n) is 7.88. The monoisotopic (exact) mass is 291 g/mol. The lowest BCUT2D eigenvalue weighted by Gasteiger charge is -2.35. The number of thioether (sulfide) groups is 1. The van der Waals surface area contributed by atoms with Crippen molar-refractivity contribution in [2.45, 2.75) is 55.8 Å². The minimum atomic E-state index is 0.416. The van der Waals surface area contributed by atoms with Crippen molar-refractivity contribution in [2.75, 3.05) is 13.2 Å². The molecule has 2 nitrogen and oxygen atoms in total. The van der Waals surface area contributed by atoms with Crippen LogP contribution in [0.15, 0.2) is 24.3 Å². The van der Waals surface area contributed by atoms with Gasteiger partial charge in [-0.3, -0.25) is 0 Å². The molecule has 0 radical (unpaired) electrons. The molecule has 1 N–H and O–H groups in total. The zero-order valence-corrected chi connectivity index (χ0v) is 13.3. The van der Waals surface area contributed by atoms with Gasteiger partial charge in [0.2, 0.25) is 0 Å². The van der Waals surface area contributed by atoms with Crippen LogP contribution in [-0.4, -0.2) is 29.8 Å². The van der Waals surface area contributed by atoms with Gasteiger partial charge in [-0.2, -0.15) is 11.8 Å². The van der Waals surface area contributed by atoms with Gasteiger partial charge in [0.1, 0.15) is 0 Å². The SMILES string of the molecule is CCNC1c2ccccc2CCC1SC1CCOC1C. The molecule has 0 amide bonds. The topological polar surface area (TPSA) is 21.3 Å². The molecule has 0 aromatic heterocycles. The molecule has 20 heavy (non-hydrogen) atoms. The van der Waals surface area contributed by atoms with Crippen LogP contribution in [0.4, 0.5) is 0 Å². The Kier molecular flexibility index (Phi) is 4.69. The molecule has 1 aliphatic heterocycles. The van der Waals surface area contributed by atoms with E-state index in [0.717, 1.165) is 13.2 Å². The summed E-state index contributed by atoms with van der Waals surface area (Å²) in [5.74, 6) is 0. The van der Waals surface area contributed by atoms with Crippen LogP contribution in [0.3, 0.4) is 0 Å². The molecule has 0 bridgehead atoms. The summed E-state index contributed by atoms with van der Waals surface area (Å²) in [6, 6.07) is 9.45. The van der Waals surface area contributed by atoms with Crippen LogP contribution in [-0.2, 0) is 11.2 Å². The van der Waals surface area contributed by atoms with E-state index in [9.17, 15) is 0 Å². The van der Waals surface area contributed by atoms with Crippen molar-refractivity contribution in [2.24, 2.45) is 0 Å². The molecule has 3 rings (SSSR count). The minimum Gasteiger partial charge on any atom is -0.377 e. The molecule has 1 heterocycles. The maximum atomic E-state index is 5.73. The van der Waals surface area contributed by atoms with Crippen LogP contribution in [0.25, 0.3) is 0 Å². The lowest BCUT2D eigenvalue weighted by molar-refractivity contribution is 0.127. The largest absolute Gasteiger partial charge is 0.377 e. The third-order valence-corrected chi connectivity index (χ3v) is 6.37.